The van der Waals surface area contributed by atoms with Gasteiger partial charge in [-0.05, 0) is 43.2 Å². The van der Waals surface area contributed by atoms with Crippen molar-refractivity contribution in [2.45, 2.75) is 26.5 Å². The highest BCUT2D eigenvalue weighted by molar-refractivity contribution is 5.48. The van der Waals surface area contributed by atoms with Gasteiger partial charge >= 0.3 is 0 Å². The molecule has 1 aromatic carbocycles. The fraction of sp³-hybridized carbons (Fsp3) is 0.357. The Morgan fingerprint density at radius 1 is 1.28 bits per heavy atom. The van der Waals surface area contributed by atoms with Crippen LogP contribution in [0.4, 0.5) is 5.69 Å². The molecule has 2 aromatic rings. The van der Waals surface area contributed by atoms with Crippen LogP contribution in [0.1, 0.15) is 11.1 Å². The summed E-state index contributed by atoms with van der Waals surface area (Å²) in [5.41, 5.74) is 3.49. The van der Waals surface area contributed by atoms with Gasteiger partial charge in [-0.2, -0.15) is 5.10 Å². The molecule has 1 aromatic heterocycles. The van der Waals surface area contributed by atoms with E-state index in [2.05, 4.69) is 42.5 Å². The van der Waals surface area contributed by atoms with Crippen molar-refractivity contribution in [3.63, 3.8) is 0 Å². The monoisotopic (exact) mass is 245 g/mol. The van der Waals surface area contributed by atoms with Gasteiger partial charge < -0.3 is 10.4 Å². The second kappa shape index (κ2) is 5.69. The minimum atomic E-state index is -0.453. The number of aliphatic hydroxyl groups excluding tert-OH is 1. The first kappa shape index (κ1) is 12.6. The highest BCUT2D eigenvalue weighted by atomic mass is 16.3. The van der Waals surface area contributed by atoms with Crippen molar-refractivity contribution < 1.29 is 5.11 Å². The van der Waals surface area contributed by atoms with Crippen LogP contribution < -0.4 is 5.32 Å². The number of rotatable bonds is 5. The predicted octanol–water partition coefficient (Wildman–Crippen LogP) is 1.97. The third kappa shape index (κ3) is 3.60. The van der Waals surface area contributed by atoms with E-state index < -0.39 is 6.10 Å². The van der Waals surface area contributed by atoms with Crippen molar-refractivity contribution in [2.24, 2.45) is 0 Å². The van der Waals surface area contributed by atoms with Crippen LogP contribution in [-0.2, 0) is 6.54 Å². The van der Waals surface area contributed by atoms with Gasteiger partial charge in [0.05, 0.1) is 12.6 Å². The summed E-state index contributed by atoms with van der Waals surface area (Å²) >= 11 is 0. The summed E-state index contributed by atoms with van der Waals surface area (Å²) < 4.78 is 1.73. The lowest BCUT2D eigenvalue weighted by Crippen LogP contribution is -2.25. The lowest BCUT2D eigenvalue weighted by atomic mass is 10.1. The summed E-state index contributed by atoms with van der Waals surface area (Å²) in [7, 11) is 0. The first-order valence-electron chi connectivity index (χ1n) is 6.11. The van der Waals surface area contributed by atoms with E-state index in [4.69, 9.17) is 0 Å². The second-order valence-corrected chi connectivity index (χ2v) is 4.64. The van der Waals surface area contributed by atoms with E-state index in [0.717, 1.165) is 5.69 Å². The maximum absolute atomic E-state index is 9.90. The van der Waals surface area contributed by atoms with E-state index in [1.807, 2.05) is 12.3 Å². The van der Waals surface area contributed by atoms with Crippen LogP contribution in [0.3, 0.4) is 0 Å². The summed E-state index contributed by atoms with van der Waals surface area (Å²) in [4.78, 5) is 0. The highest BCUT2D eigenvalue weighted by Crippen LogP contribution is 2.13. The van der Waals surface area contributed by atoms with Gasteiger partial charge in [0.25, 0.3) is 0 Å². The van der Waals surface area contributed by atoms with Gasteiger partial charge in [-0.3, -0.25) is 4.68 Å². The molecule has 0 bridgehead atoms. The molecule has 1 heterocycles. The Hall–Kier alpha value is -1.81. The van der Waals surface area contributed by atoms with E-state index in [-0.39, 0.29) is 0 Å². The highest BCUT2D eigenvalue weighted by Gasteiger charge is 2.05. The molecule has 0 radical (unpaired) electrons. The van der Waals surface area contributed by atoms with Crippen LogP contribution >= 0.6 is 0 Å². The molecule has 1 unspecified atom stereocenters. The fourth-order valence-corrected chi connectivity index (χ4v) is 2.00. The van der Waals surface area contributed by atoms with Crippen LogP contribution in [0.2, 0.25) is 0 Å². The van der Waals surface area contributed by atoms with E-state index in [1.54, 1.807) is 10.9 Å². The topological polar surface area (TPSA) is 50.1 Å². The first-order chi connectivity index (χ1) is 8.63. The molecule has 0 saturated heterocycles. The Bertz CT molecular complexity index is 473. The number of nitrogens with zero attached hydrogens (tertiary/aromatic N) is 2. The van der Waals surface area contributed by atoms with Crippen LogP contribution in [0, 0.1) is 13.8 Å². The molecular formula is C14H19N3O. The molecule has 0 aliphatic rings. The van der Waals surface area contributed by atoms with Gasteiger partial charge in [0, 0.05) is 24.6 Å². The summed E-state index contributed by atoms with van der Waals surface area (Å²) in [6.45, 7) is 5.16. The lowest BCUT2D eigenvalue weighted by Gasteiger charge is -2.13. The Balaban J connectivity index is 1.87. The van der Waals surface area contributed by atoms with Crippen molar-refractivity contribution in [2.75, 3.05) is 11.9 Å². The number of aliphatic hydroxyl groups is 1. The third-order valence-corrected chi connectivity index (χ3v) is 2.72. The molecule has 18 heavy (non-hydrogen) atoms. The first-order valence-corrected chi connectivity index (χ1v) is 6.11. The average molecular weight is 245 g/mol. The Morgan fingerprint density at radius 2 is 2.00 bits per heavy atom. The fourth-order valence-electron chi connectivity index (χ4n) is 2.00. The normalized spacial score (nSPS) is 12.4. The van der Waals surface area contributed by atoms with Crippen LogP contribution in [0.5, 0.6) is 0 Å². The van der Waals surface area contributed by atoms with Gasteiger partial charge in [-0.25, -0.2) is 0 Å². The van der Waals surface area contributed by atoms with Crippen LogP contribution in [-0.4, -0.2) is 27.5 Å². The maximum Gasteiger partial charge on any atom is 0.0907 e. The number of hydrogen-bond donors (Lipinski definition) is 2. The van der Waals surface area contributed by atoms with Gasteiger partial charge in [0.2, 0.25) is 0 Å². The lowest BCUT2D eigenvalue weighted by molar-refractivity contribution is 0.161. The SMILES string of the molecule is Cc1cc(C)cc(NCC(O)Cn2cccn2)c1. The van der Waals surface area contributed by atoms with Crippen molar-refractivity contribution in [1.82, 2.24) is 9.78 Å². The molecule has 0 aliphatic carbocycles. The van der Waals surface area contributed by atoms with Crippen molar-refractivity contribution in [3.05, 3.63) is 47.8 Å². The van der Waals surface area contributed by atoms with Crippen LogP contribution in [0.15, 0.2) is 36.7 Å². The van der Waals surface area contributed by atoms with Crippen molar-refractivity contribution in [1.29, 1.82) is 0 Å². The minimum absolute atomic E-state index is 0.453. The number of benzene rings is 1. The molecule has 1 atom stereocenters. The Labute approximate surface area is 107 Å². The summed E-state index contributed by atoms with van der Waals surface area (Å²) in [6, 6.07) is 8.14. The second-order valence-electron chi connectivity index (χ2n) is 4.64. The van der Waals surface area contributed by atoms with E-state index >= 15 is 0 Å². The molecule has 0 aliphatic heterocycles. The molecule has 2 rings (SSSR count). The standard InChI is InChI=1S/C14H19N3O/c1-11-6-12(2)8-13(7-11)15-9-14(18)10-17-5-3-4-16-17/h3-8,14-15,18H,9-10H2,1-2H3. The van der Waals surface area contributed by atoms with Crippen molar-refractivity contribution in [3.8, 4) is 0 Å². The summed E-state index contributed by atoms with van der Waals surface area (Å²) in [5, 5.41) is 17.2. The van der Waals surface area contributed by atoms with Gasteiger partial charge in [-0.15, -0.1) is 0 Å². The quantitative estimate of drug-likeness (QED) is 0.846. The zero-order valence-corrected chi connectivity index (χ0v) is 10.8. The molecule has 4 nitrogen and oxygen atoms in total. The number of hydrogen-bond acceptors (Lipinski definition) is 3. The summed E-state index contributed by atoms with van der Waals surface area (Å²) in [6.07, 6.45) is 3.11. The van der Waals surface area contributed by atoms with Gasteiger partial charge in [0.1, 0.15) is 0 Å². The average Bonchev–Trinajstić information content (AvgIpc) is 2.78. The largest absolute Gasteiger partial charge is 0.389 e. The molecular weight excluding hydrogens is 226 g/mol. The van der Waals surface area contributed by atoms with Gasteiger partial charge in [0.15, 0.2) is 0 Å². The third-order valence-electron chi connectivity index (χ3n) is 2.72. The van der Waals surface area contributed by atoms with E-state index in [9.17, 15) is 5.11 Å². The molecule has 0 fully saturated rings. The summed E-state index contributed by atoms with van der Waals surface area (Å²) in [5.74, 6) is 0. The van der Waals surface area contributed by atoms with Crippen molar-refractivity contribution >= 4 is 5.69 Å². The van der Waals surface area contributed by atoms with Crippen LogP contribution in [0.25, 0.3) is 0 Å². The van der Waals surface area contributed by atoms with Gasteiger partial charge in [-0.1, -0.05) is 6.07 Å². The smallest absolute Gasteiger partial charge is 0.0907 e. The molecule has 4 heteroatoms. The molecule has 96 valence electrons. The molecule has 0 amide bonds. The zero-order chi connectivity index (χ0) is 13.0. The predicted molar refractivity (Wildman–Crippen MR) is 72.6 cm³/mol. The molecule has 0 spiro atoms. The minimum Gasteiger partial charge on any atom is -0.389 e. The van der Waals surface area contributed by atoms with E-state index in [0.29, 0.717) is 13.1 Å². The maximum atomic E-state index is 9.90. The molecule has 0 saturated carbocycles. The molecule has 2 N–H and O–H groups in total. The number of anilines is 1. The zero-order valence-electron chi connectivity index (χ0n) is 10.8. The number of nitrogens with one attached hydrogen (secondary N) is 1. The Morgan fingerprint density at radius 3 is 2.61 bits per heavy atom. The van der Waals surface area contributed by atoms with E-state index in [1.165, 1.54) is 11.1 Å². The number of aryl methyl sites for hydroxylation is 2. The number of aromatic nitrogens is 2. The Kier molecular flexibility index (Phi) is 3.99.